The lowest BCUT2D eigenvalue weighted by molar-refractivity contribution is -0.188. The molecular formula is C16H16F2N2O3. The molecule has 0 unspecified atom stereocenters. The van der Waals surface area contributed by atoms with Crippen LogP contribution in [0.4, 0.5) is 8.78 Å². The molecule has 1 aliphatic rings. The largest absolute Gasteiger partial charge is 0.441 e. The van der Waals surface area contributed by atoms with E-state index in [-0.39, 0.29) is 31.8 Å². The number of carbonyl (C=O) groups is 1. The van der Waals surface area contributed by atoms with Crippen LogP contribution in [-0.2, 0) is 11.2 Å². The zero-order valence-electron chi connectivity index (χ0n) is 12.3. The summed E-state index contributed by atoms with van der Waals surface area (Å²) in [6.45, 7) is -0.658. The molecule has 0 bridgehead atoms. The standard InChI is InChI=1S/C16H16F2N2O3/c17-15(18)16(22)9-20(10-16)14(21)7-6-13-19-8-12(23-13)11-4-2-1-3-5-11/h1-5,8,15,22H,6-7,9-10H2. The minimum Gasteiger partial charge on any atom is -0.441 e. The first-order valence-electron chi connectivity index (χ1n) is 7.26. The Bertz CT molecular complexity index is 682. The lowest BCUT2D eigenvalue weighted by Crippen LogP contribution is -2.67. The second-order valence-corrected chi connectivity index (χ2v) is 5.64. The van der Waals surface area contributed by atoms with Crippen molar-refractivity contribution < 1.29 is 23.1 Å². The van der Waals surface area contributed by atoms with E-state index in [1.807, 2.05) is 30.3 Å². The van der Waals surface area contributed by atoms with Gasteiger partial charge in [-0.25, -0.2) is 13.8 Å². The Labute approximate surface area is 131 Å². The molecule has 5 nitrogen and oxygen atoms in total. The highest BCUT2D eigenvalue weighted by atomic mass is 19.3. The van der Waals surface area contributed by atoms with Crippen molar-refractivity contribution in [1.29, 1.82) is 0 Å². The minimum atomic E-state index is -2.84. The summed E-state index contributed by atoms with van der Waals surface area (Å²) >= 11 is 0. The number of rotatable bonds is 5. The van der Waals surface area contributed by atoms with Gasteiger partial charge in [-0.05, 0) is 0 Å². The number of hydrogen-bond acceptors (Lipinski definition) is 4. The zero-order chi connectivity index (χ0) is 16.4. The number of aromatic nitrogens is 1. The van der Waals surface area contributed by atoms with E-state index in [4.69, 9.17) is 4.42 Å². The topological polar surface area (TPSA) is 66.6 Å². The average Bonchev–Trinajstić information content (AvgIpc) is 2.99. The van der Waals surface area contributed by atoms with Crippen LogP contribution < -0.4 is 0 Å². The molecule has 0 atom stereocenters. The van der Waals surface area contributed by atoms with Crippen LogP contribution in [0.3, 0.4) is 0 Å². The summed E-state index contributed by atoms with van der Waals surface area (Å²) in [6.07, 6.45) is -0.857. The normalized spacial score (nSPS) is 16.4. The van der Waals surface area contributed by atoms with Gasteiger partial charge in [0.15, 0.2) is 17.3 Å². The number of oxazole rings is 1. The van der Waals surface area contributed by atoms with Crippen molar-refractivity contribution in [1.82, 2.24) is 9.88 Å². The average molecular weight is 322 g/mol. The SMILES string of the molecule is O=C(CCc1ncc(-c2ccccc2)o1)N1CC(O)(C(F)F)C1. The van der Waals surface area contributed by atoms with Gasteiger partial charge in [0.05, 0.1) is 19.3 Å². The molecule has 2 aromatic rings. The first-order valence-corrected chi connectivity index (χ1v) is 7.26. The van der Waals surface area contributed by atoms with E-state index in [2.05, 4.69) is 4.98 Å². The number of likely N-dealkylation sites (tertiary alicyclic amines) is 1. The third-order valence-corrected chi connectivity index (χ3v) is 3.85. The number of hydrogen-bond donors (Lipinski definition) is 1. The van der Waals surface area contributed by atoms with Gasteiger partial charge in [-0.15, -0.1) is 0 Å². The van der Waals surface area contributed by atoms with Gasteiger partial charge in [-0.2, -0.15) is 0 Å². The molecule has 0 saturated carbocycles. The first-order chi connectivity index (χ1) is 11.0. The van der Waals surface area contributed by atoms with E-state index >= 15 is 0 Å². The number of β-amino-alcohol motifs (C(OH)–C–C–N with tert-alkyl or cyclic N) is 1. The fraction of sp³-hybridized carbons (Fsp3) is 0.375. The van der Waals surface area contributed by atoms with Crippen LogP contribution in [0, 0.1) is 0 Å². The summed E-state index contributed by atoms with van der Waals surface area (Å²) < 4.78 is 30.6. The summed E-state index contributed by atoms with van der Waals surface area (Å²) in [5.74, 6) is 0.737. The van der Waals surface area contributed by atoms with Gasteiger partial charge in [-0.1, -0.05) is 30.3 Å². The maximum atomic E-state index is 12.5. The highest BCUT2D eigenvalue weighted by Gasteiger charge is 2.50. The van der Waals surface area contributed by atoms with E-state index < -0.39 is 12.0 Å². The molecule has 0 spiro atoms. The van der Waals surface area contributed by atoms with Crippen LogP contribution in [0.15, 0.2) is 40.9 Å². The van der Waals surface area contributed by atoms with Crippen LogP contribution in [0.1, 0.15) is 12.3 Å². The molecule has 0 radical (unpaired) electrons. The third kappa shape index (κ3) is 3.24. The Morgan fingerprint density at radius 1 is 1.35 bits per heavy atom. The zero-order valence-corrected chi connectivity index (χ0v) is 12.3. The van der Waals surface area contributed by atoms with Crippen molar-refractivity contribution in [3.8, 4) is 11.3 Å². The Kier molecular flexibility index (Phi) is 4.12. The van der Waals surface area contributed by atoms with Gasteiger partial charge >= 0.3 is 0 Å². The summed E-state index contributed by atoms with van der Waals surface area (Å²) in [5.41, 5.74) is -1.17. The van der Waals surface area contributed by atoms with Gasteiger partial charge < -0.3 is 14.4 Å². The predicted molar refractivity (Wildman–Crippen MR) is 77.8 cm³/mol. The Morgan fingerprint density at radius 2 is 2.04 bits per heavy atom. The summed E-state index contributed by atoms with van der Waals surface area (Å²) in [4.78, 5) is 17.2. The molecule has 2 heterocycles. The third-order valence-electron chi connectivity index (χ3n) is 3.85. The number of aliphatic hydroxyl groups is 1. The van der Waals surface area contributed by atoms with Crippen LogP contribution in [-0.4, -0.2) is 46.0 Å². The summed E-state index contributed by atoms with van der Waals surface area (Å²) in [6, 6.07) is 9.44. The van der Waals surface area contributed by atoms with Crippen molar-refractivity contribution in [3.63, 3.8) is 0 Å². The van der Waals surface area contributed by atoms with Crippen LogP contribution >= 0.6 is 0 Å². The van der Waals surface area contributed by atoms with Gasteiger partial charge in [0.2, 0.25) is 5.91 Å². The Morgan fingerprint density at radius 3 is 2.70 bits per heavy atom. The number of benzene rings is 1. The molecule has 1 saturated heterocycles. The fourth-order valence-electron chi connectivity index (χ4n) is 2.46. The van der Waals surface area contributed by atoms with Crippen molar-refractivity contribution in [2.75, 3.05) is 13.1 Å². The summed E-state index contributed by atoms with van der Waals surface area (Å²) in [7, 11) is 0. The van der Waals surface area contributed by atoms with Crippen LogP contribution in [0.5, 0.6) is 0 Å². The Hall–Kier alpha value is -2.28. The Balaban J connectivity index is 1.52. The lowest BCUT2D eigenvalue weighted by atomic mass is 9.94. The quantitative estimate of drug-likeness (QED) is 0.915. The van der Waals surface area contributed by atoms with Gasteiger partial charge in [0.1, 0.15) is 0 Å². The number of aryl methyl sites for hydroxylation is 1. The van der Waals surface area contributed by atoms with E-state index in [1.54, 1.807) is 6.20 Å². The molecule has 3 rings (SSSR count). The molecular weight excluding hydrogens is 306 g/mol. The molecule has 1 aliphatic heterocycles. The number of amides is 1. The number of halogens is 2. The second kappa shape index (κ2) is 6.08. The molecule has 1 aromatic heterocycles. The fourth-order valence-corrected chi connectivity index (χ4v) is 2.46. The van der Waals surface area contributed by atoms with Crippen LogP contribution in [0.2, 0.25) is 0 Å². The molecule has 122 valence electrons. The van der Waals surface area contributed by atoms with Crippen LogP contribution in [0.25, 0.3) is 11.3 Å². The summed E-state index contributed by atoms with van der Waals surface area (Å²) in [5, 5.41) is 9.45. The molecule has 1 amide bonds. The predicted octanol–water partition coefficient (Wildman–Crippen LogP) is 2.11. The molecule has 1 N–H and O–H groups in total. The van der Waals surface area contributed by atoms with E-state index in [0.717, 1.165) is 5.56 Å². The number of alkyl halides is 2. The van der Waals surface area contributed by atoms with Gasteiger partial charge in [-0.3, -0.25) is 4.79 Å². The highest BCUT2D eigenvalue weighted by molar-refractivity contribution is 5.77. The van der Waals surface area contributed by atoms with Crippen molar-refractivity contribution in [3.05, 3.63) is 42.4 Å². The van der Waals surface area contributed by atoms with Crippen molar-refractivity contribution in [2.24, 2.45) is 0 Å². The minimum absolute atomic E-state index is 0.105. The maximum Gasteiger partial charge on any atom is 0.270 e. The van der Waals surface area contributed by atoms with Gasteiger partial charge in [0, 0.05) is 18.4 Å². The van der Waals surface area contributed by atoms with Crippen molar-refractivity contribution in [2.45, 2.75) is 24.9 Å². The first kappa shape index (κ1) is 15.6. The number of carbonyl (C=O) groups excluding carboxylic acids is 1. The maximum absolute atomic E-state index is 12.5. The lowest BCUT2D eigenvalue weighted by Gasteiger charge is -2.45. The molecule has 1 aromatic carbocycles. The monoisotopic (exact) mass is 322 g/mol. The van der Waals surface area contributed by atoms with E-state index in [0.29, 0.717) is 11.7 Å². The van der Waals surface area contributed by atoms with Gasteiger partial charge in [0.25, 0.3) is 6.43 Å². The molecule has 0 aliphatic carbocycles. The smallest absolute Gasteiger partial charge is 0.270 e. The highest BCUT2D eigenvalue weighted by Crippen LogP contribution is 2.28. The van der Waals surface area contributed by atoms with E-state index in [1.165, 1.54) is 4.90 Å². The molecule has 23 heavy (non-hydrogen) atoms. The van der Waals surface area contributed by atoms with E-state index in [9.17, 15) is 18.7 Å². The molecule has 7 heteroatoms. The molecule has 1 fully saturated rings. The second-order valence-electron chi connectivity index (χ2n) is 5.64. The number of nitrogens with zero attached hydrogens (tertiary/aromatic N) is 2. The van der Waals surface area contributed by atoms with Crippen molar-refractivity contribution >= 4 is 5.91 Å².